The average molecular weight is 366 g/mol. The summed E-state index contributed by atoms with van der Waals surface area (Å²) >= 11 is 0. The molecular weight excluding hydrogens is 344 g/mol. The molecule has 6 heteroatoms. The molecule has 1 heterocycles. The molecule has 0 radical (unpaired) electrons. The summed E-state index contributed by atoms with van der Waals surface area (Å²) < 4.78 is 5.12. The first-order valence-corrected chi connectivity index (χ1v) is 8.83. The Kier molecular flexibility index (Phi) is 5.54. The van der Waals surface area contributed by atoms with Crippen molar-refractivity contribution in [3.8, 4) is 0 Å². The average Bonchev–Trinajstić information content (AvgIpc) is 3.04. The molecule has 0 bridgehead atoms. The van der Waals surface area contributed by atoms with Gasteiger partial charge in [0.05, 0.1) is 5.92 Å². The van der Waals surface area contributed by atoms with E-state index in [2.05, 4.69) is 5.32 Å². The zero-order chi connectivity index (χ0) is 19.4. The lowest BCUT2D eigenvalue weighted by Gasteiger charge is -2.19. The SMILES string of the molecule is Cc1ccc(C)c(N2C[C@@H](C(=O)OCC(=O)Nc3ccccc3)CC2=O)c1. The van der Waals surface area contributed by atoms with Gasteiger partial charge in [-0.1, -0.05) is 30.3 Å². The van der Waals surface area contributed by atoms with Gasteiger partial charge in [0.25, 0.3) is 5.91 Å². The highest BCUT2D eigenvalue weighted by Gasteiger charge is 2.36. The van der Waals surface area contributed by atoms with Gasteiger partial charge < -0.3 is 15.0 Å². The van der Waals surface area contributed by atoms with Gasteiger partial charge in [0.15, 0.2) is 6.61 Å². The van der Waals surface area contributed by atoms with Crippen molar-refractivity contribution in [1.29, 1.82) is 0 Å². The topological polar surface area (TPSA) is 75.7 Å². The zero-order valence-electron chi connectivity index (χ0n) is 15.4. The highest BCUT2D eigenvalue weighted by molar-refractivity contribution is 6.00. The van der Waals surface area contributed by atoms with Gasteiger partial charge in [-0.05, 0) is 43.2 Å². The van der Waals surface area contributed by atoms with E-state index in [-0.39, 0.29) is 25.5 Å². The summed E-state index contributed by atoms with van der Waals surface area (Å²) in [7, 11) is 0. The summed E-state index contributed by atoms with van der Waals surface area (Å²) in [6.45, 7) is 3.78. The van der Waals surface area contributed by atoms with E-state index in [1.165, 1.54) is 0 Å². The van der Waals surface area contributed by atoms with E-state index in [0.717, 1.165) is 16.8 Å². The number of aryl methyl sites for hydroxylation is 2. The monoisotopic (exact) mass is 366 g/mol. The zero-order valence-corrected chi connectivity index (χ0v) is 15.4. The minimum Gasteiger partial charge on any atom is -0.455 e. The van der Waals surface area contributed by atoms with Crippen molar-refractivity contribution in [1.82, 2.24) is 0 Å². The molecule has 1 aliphatic rings. The number of nitrogens with zero attached hydrogens (tertiary/aromatic N) is 1. The second kappa shape index (κ2) is 8.03. The van der Waals surface area contributed by atoms with Crippen LogP contribution in [0.2, 0.25) is 0 Å². The van der Waals surface area contributed by atoms with Crippen LogP contribution in [-0.4, -0.2) is 30.9 Å². The Morgan fingerprint density at radius 2 is 1.89 bits per heavy atom. The fourth-order valence-corrected chi connectivity index (χ4v) is 3.08. The van der Waals surface area contributed by atoms with E-state index < -0.39 is 17.8 Å². The Morgan fingerprint density at radius 3 is 2.63 bits per heavy atom. The van der Waals surface area contributed by atoms with Crippen LogP contribution in [0.1, 0.15) is 17.5 Å². The Bertz CT molecular complexity index is 864. The molecule has 6 nitrogen and oxygen atoms in total. The van der Waals surface area contributed by atoms with Crippen LogP contribution >= 0.6 is 0 Å². The Labute approximate surface area is 158 Å². The quantitative estimate of drug-likeness (QED) is 0.826. The van der Waals surface area contributed by atoms with E-state index in [1.54, 1.807) is 29.2 Å². The second-order valence-corrected chi connectivity index (χ2v) is 6.72. The van der Waals surface area contributed by atoms with Crippen molar-refractivity contribution in [2.45, 2.75) is 20.3 Å². The van der Waals surface area contributed by atoms with E-state index >= 15 is 0 Å². The van der Waals surface area contributed by atoms with Gasteiger partial charge in [0.2, 0.25) is 5.91 Å². The van der Waals surface area contributed by atoms with Gasteiger partial charge in [-0.15, -0.1) is 0 Å². The molecule has 0 unspecified atom stereocenters. The Hall–Kier alpha value is -3.15. The molecule has 0 saturated carbocycles. The number of rotatable bonds is 5. The summed E-state index contributed by atoms with van der Waals surface area (Å²) in [6.07, 6.45) is 0.0898. The molecule has 0 aliphatic carbocycles. The maximum absolute atomic E-state index is 12.4. The summed E-state index contributed by atoms with van der Waals surface area (Å²) in [5.74, 6) is -1.62. The normalized spacial score (nSPS) is 16.3. The van der Waals surface area contributed by atoms with Crippen molar-refractivity contribution < 1.29 is 19.1 Å². The lowest BCUT2D eigenvalue weighted by molar-refractivity contribution is -0.151. The first-order chi connectivity index (χ1) is 12.9. The van der Waals surface area contributed by atoms with E-state index in [1.807, 2.05) is 38.1 Å². The van der Waals surface area contributed by atoms with Crippen LogP contribution < -0.4 is 10.2 Å². The number of anilines is 2. The Morgan fingerprint density at radius 1 is 1.15 bits per heavy atom. The lowest BCUT2D eigenvalue weighted by Crippen LogP contribution is -2.28. The molecule has 1 N–H and O–H groups in total. The summed E-state index contributed by atoms with van der Waals surface area (Å²) in [5, 5.41) is 2.65. The molecule has 2 amide bonds. The van der Waals surface area contributed by atoms with Crippen LogP contribution in [0, 0.1) is 19.8 Å². The molecule has 140 valence electrons. The summed E-state index contributed by atoms with van der Waals surface area (Å²) in [5.41, 5.74) is 3.48. The molecule has 2 aromatic rings. The van der Waals surface area contributed by atoms with Gasteiger partial charge in [-0.2, -0.15) is 0 Å². The fraction of sp³-hybridized carbons (Fsp3) is 0.286. The largest absolute Gasteiger partial charge is 0.455 e. The molecule has 1 atom stereocenters. The van der Waals surface area contributed by atoms with Gasteiger partial charge in [0, 0.05) is 24.3 Å². The Balaban J connectivity index is 1.56. The first-order valence-electron chi connectivity index (χ1n) is 8.83. The van der Waals surface area contributed by atoms with Crippen LogP contribution in [0.4, 0.5) is 11.4 Å². The minimum absolute atomic E-state index is 0.0898. The van der Waals surface area contributed by atoms with Crippen molar-refractivity contribution in [3.05, 3.63) is 59.7 Å². The number of carbonyl (C=O) groups is 3. The molecule has 1 saturated heterocycles. The van der Waals surface area contributed by atoms with Crippen molar-refractivity contribution in [2.24, 2.45) is 5.92 Å². The maximum atomic E-state index is 12.4. The number of hydrogen-bond donors (Lipinski definition) is 1. The van der Waals surface area contributed by atoms with Crippen LogP contribution in [0.15, 0.2) is 48.5 Å². The predicted molar refractivity (Wildman–Crippen MR) is 102 cm³/mol. The highest BCUT2D eigenvalue weighted by atomic mass is 16.5. The van der Waals surface area contributed by atoms with Crippen molar-refractivity contribution in [3.63, 3.8) is 0 Å². The molecule has 1 aliphatic heterocycles. The number of benzene rings is 2. The fourth-order valence-electron chi connectivity index (χ4n) is 3.08. The van der Waals surface area contributed by atoms with Crippen LogP contribution in [0.3, 0.4) is 0 Å². The first kappa shape index (κ1) is 18.6. The number of nitrogens with one attached hydrogen (secondary N) is 1. The highest BCUT2D eigenvalue weighted by Crippen LogP contribution is 2.29. The lowest BCUT2D eigenvalue weighted by atomic mass is 10.1. The van der Waals surface area contributed by atoms with Gasteiger partial charge in [-0.3, -0.25) is 14.4 Å². The van der Waals surface area contributed by atoms with Crippen molar-refractivity contribution in [2.75, 3.05) is 23.4 Å². The smallest absolute Gasteiger partial charge is 0.311 e. The third-order valence-electron chi connectivity index (χ3n) is 4.52. The summed E-state index contributed by atoms with van der Waals surface area (Å²) in [6, 6.07) is 14.8. The van der Waals surface area contributed by atoms with Crippen LogP contribution in [0.25, 0.3) is 0 Å². The van der Waals surface area contributed by atoms with Gasteiger partial charge in [-0.25, -0.2) is 0 Å². The third-order valence-corrected chi connectivity index (χ3v) is 4.52. The molecule has 3 rings (SSSR count). The molecule has 2 aromatic carbocycles. The number of esters is 1. The molecule has 27 heavy (non-hydrogen) atoms. The van der Waals surface area contributed by atoms with E-state index in [9.17, 15) is 14.4 Å². The van der Waals surface area contributed by atoms with E-state index in [4.69, 9.17) is 4.74 Å². The number of carbonyl (C=O) groups excluding carboxylic acids is 3. The standard InChI is InChI=1S/C21H22N2O4/c1-14-8-9-15(2)18(10-14)23-12-16(11-20(23)25)21(26)27-13-19(24)22-17-6-4-3-5-7-17/h3-10,16H,11-13H2,1-2H3,(H,22,24)/t16-/m0/s1. The predicted octanol–water partition coefficient (Wildman–Crippen LogP) is 2.84. The van der Waals surface area contributed by atoms with E-state index in [0.29, 0.717) is 5.69 Å². The molecule has 1 fully saturated rings. The molecule has 0 aromatic heterocycles. The van der Waals surface area contributed by atoms with Crippen LogP contribution in [0.5, 0.6) is 0 Å². The van der Waals surface area contributed by atoms with Gasteiger partial charge in [0.1, 0.15) is 0 Å². The number of hydrogen-bond acceptors (Lipinski definition) is 4. The third kappa shape index (κ3) is 4.53. The van der Waals surface area contributed by atoms with Gasteiger partial charge >= 0.3 is 5.97 Å². The summed E-state index contributed by atoms with van der Waals surface area (Å²) in [4.78, 5) is 38.2. The van der Waals surface area contributed by atoms with Crippen LogP contribution in [-0.2, 0) is 19.1 Å². The minimum atomic E-state index is -0.568. The number of para-hydroxylation sites is 1. The molecular formula is C21H22N2O4. The van der Waals surface area contributed by atoms with Crippen molar-refractivity contribution >= 4 is 29.2 Å². The molecule has 0 spiro atoms. The number of ether oxygens (including phenoxy) is 1. The second-order valence-electron chi connectivity index (χ2n) is 6.72. The maximum Gasteiger partial charge on any atom is 0.311 e. The number of amides is 2.